The summed E-state index contributed by atoms with van der Waals surface area (Å²) in [5.74, 6) is -0.459. The molecule has 0 aromatic heterocycles. The van der Waals surface area contributed by atoms with Gasteiger partial charge in [0, 0.05) is 25.1 Å². The Labute approximate surface area is 189 Å². The highest BCUT2D eigenvalue weighted by atomic mass is 35.5. The van der Waals surface area contributed by atoms with Crippen LogP contribution in [0.1, 0.15) is 47.2 Å². The van der Waals surface area contributed by atoms with Crippen molar-refractivity contribution in [2.45, 2.75) is 37.5 Å². The van der Waals surface area contributed by atoms with E-state index in [9.17, 15) is 27.5 Å². The number of halogens is 6. The van der Waals surface area contributed by atoms with Gasteiger partial charge in [0.05, 0.1) is 16.2 Å². The standard InChI is InChI=1S/C22H22ClF4NO2.ClH/c23-19-8-5-16(14-18(19)22(25,26)27)21(30)9-12-28(13-10-21)11-1-2-20(29)15-3-6-17(24)7-4-15;/h3-8,14,30H,1-2,9-13H2;1H. The molecule has 3 rings (SSSR count). The normalized spacial score (nSPS) is 16.6. The SMILES string of the molecule is Cl.O=C(CCCN1CCC(O)(c2ccc(Cl)c(C(F)(F)F)c2)CC1)c1ccc(F)cc1. The maximum atomic E-state index is 13.1. The first-order valence-corrected chi connectivity index (χ1v) is 10.1. The van der Waals surface area contributed by atoms with Crippen molar-refractivity contribution in [3.05, 3.63) is 70.0 Å². The number of benzene rings is 2. The molecule has 31 heavy (non-hydrogen) atoms. The average molecular weight is 480 g/mol. The molecule has 170 valence electrons. The summed E-state index contributed by atoms with van der Waals surface area (Å²) in [6.07, 6.45) is -3.08. The molecule has 1 saturated heterocycles. The van der Waals surface area contributed by atoms with Crippen molar-refractivity contribution in [3.63, 3.8) is 0 Å². The van der Waals surface area contributed by atoms with Crippen LogP contribution in [0.5, 0.6) is 0 Å². The molecule has 1 aliphatic heterocycles. The fraction of sp³-hybridized carbons (Fsp3) is 0.409. The van der Waals surface area contributed by atoms with Gasteiger partial charge in [-0.3, -0.25) is 4.79 Å². The smallest absolute Gasteiger partial charge is 0.385 e. The molecule has 1 N–H and O–H groups in total. The lowest BCUT2D eigenvalue weighted by molar-refractivity contribution is -0.137. The Hall–Kier alpha value is -1.67. The molecule has 0 amide bonds. The number of piperidine rings is 1. The van der Waals surface area contributed by atoms with Crippen molar-refractivity contribution >= 4 is 29.8 Å². The van der Waals surface area contributed by atoms with Gasteiger partial charge in [-0.15, -0.1) is 12.4 Å². The zero-order chi connectivity index (χ0) is 21.9. The molecule has 9 heteroatoms. The maximum absolute atomic E-state index is 13.1. The minimum Gasteiger partial charge on any atom is -0.385 e. The first-order valence-electron chi connectivity index (χ1n) is 9.69. The van der Waals surface area contributed by atoms with Crippen molar-refractivity contribution in [1.82, 2.24) is 4.90 Å². The highest BCUT2D eigenvalue weighted by molar-refractivity contribution is 6.31. The van der Waals surface area contributed by atoms with Crippen molar-refractivity contribution in [3.8, 4) is 0 Å². The molecular formula is C22H23Cl2F4NO2. The first kappa shape index (κ1) is 25.6. The van der Waals surface area contributed by atoms with E-state index in [0.717, 1.165) is 6.07 Å². The van der Waals surface area contributed by atoms with E-state index in [1.807, 2.05) is 0 Å². The number of hydrogen-bond acceptors (Lipinski definition) is 3. The number of carbonyl (C=O) groups excluding carboxylic acids is 1. The van der Waals surface area contributed by atoms with Crippen LogP contribution in [0.15, 0.2) is 42.5 Å². The van der Waals surface area contributed by atoms with Crippen LogP contribution in [0.3, 0.4) is 0 Å². The molecule has 0 atom stereocenters. The predicted molar refractivity (Wildman–Crippen MR) is 113 cm³/mol. The quantitative estimate of drug-likeness (QED) is 0.416. The lowest BCUT2D eigenvalue weighted by Crippen LogP contribution is -2.43. The number of rotatable bonds is 6. The summed E-state index contributed by atoms with van der Waals surface area (Å²) in [4.78, 5) is 14.2. The van der Waals surface area contributed by atoms with Gasteiger partial charge in [0.2, 0.25) is 0 Å². The van der Waals surface area contributed by atoms with Crippen molar-refractivity contribution in [2.24, 2.45) is 0 Å². The molecule has 1 heterocycles. The topological polar surface area (TPSA) is 40.5 Å². The van der Waals surface area contributed by atoms with E-state index in [0.29, 0.717) is 38.0 Å². The molecule has 2 aromatic carbocycles. The monoisotopic (exact) mass is 479 g/mol. The van der Waals surface area contributed by atoms with E-state index in [-0.39, 0.29) is 36.6 Å². The lowest BCUT2D eigenvalue weighted by Gasteiger charge is -2.38. The number of Topliss-reactive ketones (excluding diaryl/α,β-unsaturated/α-hetero) is 1. The molecular weight excluding hydrogens is 457 g/mol. The Bertz CT molecular complexity index is 895. The Morgan fingerprint density at radius 3 is 2.29 bits per heavy atom. The van der Waals surface area contributed by atoms with Gasteiger partial charge in [0.15, 0.2) is 5.78 Å². The summed E-state index contributed by atoms with van der Waals surface area (Å²) in [6, 6.07) is 8.96. The number of aliphatic hydroxyl groups is 1. The average Bonchev–Trinajstić information content (AvgIpc) is 2.69. The first-order chi connectivity index (χ1) is 14.1. The summed E-state index contributed by atoms with van der Waals surface area (Å²) in [5.41, 5.74) is -1.61. The van der Waals surface area contributed by atoms with Crippen LogP contribution in [0.25, 0.3) is 0 Å². The highest BCUT2D eigenvalue weighted by Crippen LogP contribution is 2.39. The molecule has 3 nitrogen and oxygen atoms in total. The summed E-state index contributed by atoms with van der Waals surface area (Å²) >= 11 is 5.67. The molecule has 0 radical (unpaired) electrons. The largest absolute Gasteiger partial charge is 0.417 e. The number of likely N-dealkylation sites (tertiary alicyclic amines) is 1. The molecule has 0 unspecified atom stereocenters. The van der Waals surface area contributed by atoms with Gasteiger partial charge >= 0.3 is 6.18 Å². The van der Waals surface area contributed by atoms with Crippen molar-refractivity contribution in [2.75, 3.05) is 19.6 Å². The van der Waals surface area contributed by atoms with Gasteiger partial charge in [0.1, 0.15) is 5.82 Å². The number of hydrogen-bond donors (Lipinski definition) is 1. The van der Waals surface area contributed by atoms with Crippen LogP contribution >= 0.6 is 24.0 Å². The fourth-order valence-corrected chi connectivity index (χ4v) is 3.94. The molecule has 0 spiro atoms. The molecule has 1 aliphatic rings. The molecule has 0 aliphatic carbocycles. The zero-order valence-electron chi connectivity index (χ0n) is 16.6. The second-order valence-corrected chi connectivity index (χ2v) is 8.01. The van der Waals surface area contributed by atoms with Gasteiger partial charge in [-0.1, -0.05) is 17.7 Å². The van der Waals surface area contributed by atoms with E-state index < -0.39 is 28.2 Å². The third-order valence-electron chi connectivity index (χ3n) is 5.54. The predicted octanol–water partition coefficient (Wildman–Crippen LogP) is 5.87. The third kappa shape index (κ3) is 6.42. The number of ketones is 1. The van der Waals surface area contributed by atoms with Crippen molar-refractivity contribution < 1.29 is 27.5 Å². The van der Waals surface area contributed by atoms with Crippen LogP contribution in [-0.4, -0.2) is 35.4 Å². The highest BCUT2D eigenvalue weighted by Gasteiger charge is 2.38. The lowest BCUT2D eigenvalue weighted by atomic mass is 9.83. The van der Waals surface area contributed by atoms with E-state index in [4.69, 9.17) is 11.6 Å². The van der Waals surface area contributed by atoms with E-state index >= 15 is 0 Å². The Morgan fingerprint density at radius 2 is 1.71 bits per heavy atom. The van der Waals surface area contributed by atoms with Gasteiger partial charge in [-0.05, 0) is 67.8 Å². The van der Waals surface area contributed by atoms with Crippen LogP contribution in [0.2, 0.25) is 5.02 Å². The Balaban J connectivity index is 0.00000341. The van der Waals surface area contributed by atoms with Gasteiger partial charge < -0.3 is 10.0 Å². The Morgan fingerprint density at radius 1 is 1.10 bits per heavy atom. The number of alkyl halides is 3. The Kier molecular flexibility index (Phi) is 8.50. The molecule has 1 fully saturated rings. The number of carbonyl (C=O) groups is 1. The van der Waals surface area contributed by atoms with E-state index in [1.54, 1.807) is 0 Å². The van der Waals surface area contributed by atoms with Crippen LogP contribution < -0.4 is 0 Å². The fourth-order valence-electron chi connectivity index (χ4n) is 3.71. The van der Waals surface area contributed by atoms with Gasteiger partial charge in [0.25, 0.3) is 0 Å². The second kappa shape index (κ2) is 10.3. The minimum atomic E-state index is -4.58. The van der Waals surface area contributed by atoms with Crippen LogP contribution in [-0.2, 0) is 11.8 Å². The minimum absolute atomic E-state index is 0. The second-order valence-electron chi connectivity index (χ2n) is 7.60. The summed E-state index contributed by atoms with van der Waals surface area (Å²) in [7, 11) is 0. The molecule has 0 saturated carbocycles. The summed E-state index contributed by atoms with van der Waals surface area (Å²) < 4.78 is 52.3. The number of nitrogens with zero attached hydrogens (tertiary/aromatic N) is 1. The molecule has 2 aromatic rings. The summed E-state index contributed by atoms with van der Waals surface area (Å²) in [5, 5.41) is 10.5. The molecule has 0 bridgehead atoms. The third-order valence-corrected chi connectivity index (χ3v) is 5.87. The summed E-state index contributed by atoms with van der Waals surface area (Å²) in [6.45, 7) is 1.65. The van der Waals surface area contributed by atoms with Gasteiger partial charge in [-0.2, -0.15) is 13.2 Å². The van der Waals surface area contributed by atoms with Crippen LogP contribution in [0, 0.1) is 5.82 Å². The van der Waals surface area contributed by atoms with E-state index in [2.05, 4.69) is 4.90 Å². The van der Waals surface area contributed by atoms with Gasteiger partial charge in [-0.25, -0.2) is 4.39 Å². The van der Waals surface area contributed by atoms with E-state index in [1.165, 1.54) is 36.4 Å². The van der Waals surface area contributed by atoms with Crippen LogP contribution in [0.4, 0.5) is 17.6 Å². The van der Waals surface area contributed by atoms with Crippen molar-refractivity contribution in [1.29, 1.82) is 0 Å². The zero-order valence-corrected chi connectivity index (χ0v) is 18.2. The maximum Gasteiger partial charge on any atom is 0.417 e.